The fourth-order valence-electron chi connectivity index (χ4n) is 2.85. The van der Waals surface area contributed by atoms with Gasteiger partial charge in [0.1, 0.15) is 0 Å². The standard InChI is InChI=1S/C15H20BrN/c16-15-5-3-13(4-6-15)14-7-9-17(10-8-14)11-12-1-2-12/h3-6,12,14H,1-2,7-11H2. The molecule has 0 bridgehead atoms. The smallest absolute Gasteiger partial charge is 0.0175 e. The Labute approximate surface area is 112 Å². The van der Waals surface area contributed by atoms with E-state index in [9.17, 15) is 0 Å². The average Bonchev–Trinajstić information content (AvgIpc) is 3.15. The number of benzene rings is 1. The summed E-state index contributed by atoms with van der Waals surface area (Å²) in [5.74, 6) is 1.83. The van der Waals surface area contributed by atoms with Gasteiger partial charge in [-0.25, -0.2) is 0 Å². The Morgan fingerprint density at radius 3 is 2.24 bits per heavy atom. The maximum atomic E-state index is 3.50. The van der Waals surface area contributed by atoms with Crippen LogP contribution in [0.15, 0.2) is 28.7 Å². The first-order valence-corrected chi connectivity index (χ1v) is 7.58. The summed E-state index contributed by atoms with van der Waals surface area (Å²) in [6.07, 6.45) is 5.64. The lowest BCUT2D eigenvalue weighted by atomic mass is 9.89. The zero-order chi connectivity index (χ0) is 11.7. The van der Waals surface area contributed by atoms with Gasteiger partial charge in [0.15, 0.2) is 0 Å². The third kappa shape index (κ3) is 3.11. The van der Waals surface area contributed by atoms with Gasteiger partial charge in [0.2, 0.25) is 0 Å². The maximum absolute atomic E-state index is 3.50. The number of halogens is 1. The molecule has 2 heteroatoms. The number of likely N-dealkylation sites (tertiary alicyclic amines) is 1. The van der Waals surface area contributed by atoms with Crippen LogP contribution < -0.4 is 0 Å². The van der Waals surface area contributed by atoms with Gasteiger partial charge >= 0.3 is 0 Å². The topological polar surface area (TPSA) is 3.24 Å². The zero-order valence-corrected chi connectivity index (χ0v) is 11.8. The summed E-state index contributed by atoms with van der Waals surface area (Å²) in [5, 5.41) is 0. The number of hydrogen-bond acceptors (Lipinski definition) is 1. The summed E-state index contributed by atoms with van der Waals surface area (Å²) < 4.78 is 1.19. The van der Waals surface area contributed by atoms with E-state index in [2.05, 4.69) is 45.1 Å². The molecule has 1 aromatic carbocycles. The summed E-state index contributed by atoms with van der Waals surface area (Å²) in [4.78, 5) is 2.67. The Bertz CT molecular complexity index is 361. The molecule has 0 radical (unpaired) electrons. The largest absolute Gasteiger partial charge is 0.303 e. The Balaban J connectivity index is 1.54. The highest BCUT2D eigenvalue weighted by Crippen LogP contribution is 2.33. The van der Waals surface area contributed by atoms with E-state index in [1.54, 1.807) is 0 Å². The van der Waals surface area contributed by atoms with E-state index in [4.69, 9.17) is 0 Å². The lowest BCUT2D eigenvalue weighted by Gasteiger charge is -2.32. The van der Waals surface area contributed by atoms with E-state index >= 15 is 0 Å². The average molecular weight is 294 g/mol. The number of piperidine rings is 1. The Hall–Kier alpha value is -0.340. The van der Waals surface area contributed by atoms with E-state index in [-0.39, 0.29) is 0 Å². The predicted octanol–water partition coefficient (Wildman–Crippen LogP) is 4.04. The molecule has 1 aliphatic heterocycles. The number of rotatable bonds is 3. The van der Waals surface area contributed by atoms with Gasteiger partial charge in [-0.05, 0) is 68.3 Å². The van der Waals surface area contributed by atoms with Crippen molar-refractivity contribution in [3.8, 4) is 0 Å². The molecule has 0 aromatic heterocycles. The molecule has 2 fully saturated rings. The molecule has 0 unspecified atom stereocenters. The highest BCUT2D eigenvalue weighted by Gasteiger charge is 2.27. The maximum Gasteiger partial charge on any atom is 0.0175 e. The molecule has 1 nitrogen and oxygen atoms in total. The summed E-state index contributed by atoms with van der Waals surface area (Å²) in [7, 11) is 0. The Kier molecular flexibility index (Phi) is 3.53. The fraction of sp³-hybridized carbons (Fsp3) is 0.600. The van der Waals surface area contributed by atoms with Crippen molar-refractivity contribution >= 4 is 15.9 Å². The van der Waals surface area contributed by atoms with Crippen LogP contribution in [0.3, 0.4) is 0 Å². The summed E-state index contributed by atoms with van der Waals surface area (Å²) in [6.45, 7) is 3.97. The van der Waals surface area contributed by atoms with Crippen LogP contribution in [-0.4, -0.2) is 24.5 Å². The first-order chi connectivity index (χ1) is 8.31. The van der Waals surface area contributed by atoms with E-state index in [1.807, 2.05) is 0 Å². The van der Waals surface area contributed by atoms with Crippen molar-refractivity contribution in [2.45, 2.75) is 31.6 Å². The second-order valence-corrected chi connectivity index (χ2v) is 6.49. The van der Waals surface area contributed by atoms with Crippen molar-refractivity contribution in [1.29, 1.82) is 0 Å². The molecule has 17 heavy (non-hydrogen) atoms. The normalized spacial score (nSPS) is 22.9. The van der Waals surface area contributed by atoms with Crippen molar-refractivity contribution in [3.63, 3.8) is 0 Å². The molecular formula is C15H20BrN. The summed E-state index contributed by atoms with van der Waals surface area (Å²) in [6, 6.07) is 8.91. The molecule has 1 saturated heterocycles. The van der Waals surface area contributed by atoms with Gasteiger partial charge in [0.05, 0.1) is 0 Å². The van der Waals surface area contributed by atoms with Gasteiger partial charge in [0, 0.05) is 11.0 Å². The third-order valence-electron chi connectivity index (χ3n) is 4.14. The molecule has 0 spiro atoms. The minimum Gasteiger partial charge on any atom is -0.303 e. The van der Waals surface area contributed by atoms with Gasteiger partial charge in [0.25, 0.3) is 0 Å². The van der Waals surface area contributed by atoms with E-state index in [0.29, 0.717) is 0 Å². The van der Waals surface area contributed by atoms with Crippen molar-refractivity contribution in [2.75, 3.05) is 19.6 Å². The molecular weight excluding hydrogens is 274 g/mol. The van der Waals surface area contributed by atoms with Crippen molar-refractivity contribution in [3.05, 3.63) is 34.3 Å². The van der Waals surface area contributed by atoms with Crippen LogP contribution in [0.5, 0.6) is 0 Å². The van der Waals surface area contributed by atoms with Crippen LogP contribution >= 0.6 is 15.9 Å². The molecule has 1 aliphatic carbocycles. The highest BCUT2D eigenvalue weighted by atomic mass is 79.9. The molecule has 0 amide bonds. The summed E-state index contributed by atoms with van der Waals surface area (Å²) in [5.41, 5.74) is 1.53. The van der Waals surface area contributed by atoms with E-state index in [0.717, 1.165) is 11.8 Å². The van der Waals surface area contributed by atoms with Gasteiger partial charge < -0.3 is 4.90 Å². The van der Waals surface area contributed by atoms with Crippen LogP contribution in [0.2, 0.25) is 0 Å². The van der Waals surface area contributed by atoms with Crippen LogP contribution in [-0.2, 0) is 0 Å². The molecule has 3 rings (SSSR count). The van der Waals surface area contributed by atoms with Crippen LogP contribution in [0, 0.1) is 5.92 Å². The second-order valence-electron chi connectivity index (χ2n) is 5.57. The Morgan fingerprint density at radius 1 is 1.00 bits per heavy atom. The van der Waals surface area contributed by atoms with E-state index in [1.165, 1.54) is 55.4 Å². The SMILES string of the molecule is Brc1ccc(C2CCN(CC3CC3)CC2)cc1. The van der Waals surface area contributed by atoms with Gasteiger partial charge in [-0.1, -0.05) is 28.1 Å². The van der Waals surface area contributed by atoms with Crippen molar-refractivity contribution in [2.24, 2.45) is 5.92 Å². The summed E-state index contributed by atoms with van der Waals surface area (Å²) >= 11 is 3.50. The monoisotopic (exact) mass is 293 g/mol. The third-order valence-corrected chi connectivity index (χ3v) is 4.67. The first-order valence-electron chi connectivity index (χ1n) is 6.79. The van der Waals surface area contributed by atoms with Crippen molar-refractivity contribution < 1.29 is 0 Å². The van der Waals surface area contributed by atoms with E-state index < -0.39 is 0 Å². The van der Waals surface area contributed by atoms with Gasteiger partial charge in [-0.15, -0.1) is 0 Å². The second kappa shape index (κ2) is 5.11. The molecule has 1 saturated carbocycles. The lowest BCUT2D eigenvalue weighted by Crippen LogP contribution is -2.34. The van der Waals surface area contributed by atoms with Crippen LogP contribution in [0.1, 0.15) is 37.2 Å². The molecule has 0 N–H and O–H groups in total. The molecule has 2 aliphatic rings. The van der Waals surface area contributed by atoms with Crippen LogP contribution in [0.4, 0.5) is 0 Å². The van der Waals surface area contributed by atoms with Crippen LogP contribution in [0.25, 0.3) is 0 Å². The molecule has 1 heterocycles. The first kappa shape index (κ1) is 11.7. The molecule has 1 aromatic rings. The quantitative estimate of drug-likeness (QED) is 0.813. The highest BCUT2D eigenvalue weighted by molar-refractivity contribution is 9.10. The minimum atomic E-state index is 0.790. The van der Waals surface area contributed by atoms with Crippen molar-refractivity contribution in [1.82, 2.24) is 4.90 Å². The minimum absolute atomic E-state index is 0.790. The Morgan fingerprint density at radius 2 is 1.65 bits per heavy atom. The number of nitrogens with zero attached hydrogens (tertiary/aromatic N) is 1. The molecule has 92 valence electrons. The lowest BCUT2D eigenvalue weighted by molar-refractivity contribution is 0.204. The van der Waals surface area contributed by atoms with Gasteiger partial charge in [-0.3, -0.25) is 0 Å². The molecule has 0 atom stereocenters. The zero-order valence-electron chi connectivity index (χ0n) is 10.2. The van der Waals surface area contributed by atoms with Gasteiger partial charge in [-0.2, -0.15) is 0 Å². The predicted molar refractivity (Wildman–Crippen MR) is 75.3 cm³/mol. The number of hydrogen-bond donors (Lipinski definition) is 0. The fourth-order valence-corrected chi connectivity index (χ4v) is 3.11.